The number of hydrogen-bond donors (Lipinski definition) is 2. The highest BCUT2D eigenvalue weighted by Gasteiger charge is 2.27. The molecule has 0 unspecified atom stereocenters. The third kappa shape index (κ3) is 2.77. The number of amidine groups is 1. The van der Waals surface area contributed by atoms with Crippen LogP contribution in [0.4, 0.5) is 16.2 Å². The van der Waals surface area contributed by atoms with E-state index in [1.165, 1.54) is 16.2 Å². The summed E-state index contributed by atoms with van der Waals surface area (Å²) in [4.78, 5) is 29.3. The van der Waals surface area contributed by atoms with Crippen molar-refractivity contribution in [3.05, 3.63) is 46.7 Å². The van der Waals surface area contributed by atoms with E-state index in [0.29, 0.717) is 17.2 Å². The van der Waals surface area contributed by atoms with Gasteiger partial charge in [-0.2, -0.15) is 0 Å². The molecular weight excluding hydrogens is 288 g/mol. The van der Waals surface area contributed by atoms with Gasteiger partial charge < -0.3 is 5.73 Å². The van der Waals surface area contributed by atoms with Crippen LogP contribution in [-0.4, -0.2) is 24.3 Å². The van der Waals surface area contributed by atoms with Crippen molar-refractivity contribution < 1.29 is 9.59 Å². The Morgan fingerprint density at radius 1 is 1.24 bits per heavy atom. The highest BCUT2D eigenvalue weighted by molar-refractivity contribution is 7.12. The lowest BCUT2D eigenvalue weighted by molar-refractivity contribution is -0.117. The number of hydrogen-bond acceptors (Lipinski definition) is 4. The van der Waals surface area contributed by atoms with Gasteiger partial charge in [-0.3, -0.25) is 15.0 Å². The van der Waals surface area contributed by atoms with Gasteiger partial charge in [-0.25, -0.2) is 9.79 Å². The number of aliphatic imine (C=N–C) groups is 1. The number of carbonyl (C=O) groups is 2. The summed E-state index contributed by atoms with van der Waals surface area (Å²) < 4.78 is 0. The quantitative estimate of drug-likeness (QED) is 0.515. The fourth-order valence-electron chi connectivity index (χ4n) is 1.98. The van der Waals surface area contributed by atoms with Crippen molar-refractivity contribution in [2.45, 2.75) is 0 Å². The van der Waals surface area contributed by atoms with Gasteiger partial charge in [0.2, 0.25) is 5.91 Å². The summed E-state index contributed by atoms with van der Waals surface area (Å²) in [7, 11) is 0. The van der Waals surface area contributed by atoms with Gasteiger partial charge in [0.05, 0.1) is 10.6 Å². The van der Waals surface area contributed by atoms with Gasteiger partial charge in [0.25, 0.3) is 0 Å². The van der Waals surface area contributed by atoms with E-state index in [0.717, 1.165) is 4.88 Å². The molecular formula is C14H12N4O2S. The van der Waals surface area contributed by atoms with Crippen LogP contribution in [0.25, 0.3) is 0 Å². The summed E-state index contributed by atoms with van der Waals surface area (Å²) in [6, 6.07) is 10.4. The summed E-state index contributed by atoms with van der Waals surface area (Å²) in [5.74, 6) is 0.149. The molecule has 3 rings (SSSR count). The zero-order valence-electron chi connectivity index (χ0n) is 10.9. The number of anilines is 1. The number of nitrogens with two attached hydrogens (primary N) is 1. The minimum Gasteiger partial charge on any atom is -0.383 e. The van der Waals surface area contributed by atoms with Crippen LogP contribution in [0.2, 0.25) is 0 Å². The largest absolute Gasteiger partial charge is 0.383 e. The monoisotopic (exact) mass is 300 g/mol. The van der Waals surface area contributed by atoms with Crippen LogP contribution in [0.1, 0.15) is 4.88 Å². The molecule has 2 heterocycles. The third-order valence-corrected chi connectivity index (χ3v) is 3.87. The normalized spacial score (nSPS) is 15.4. The first-order valence-electron chi connectivity index (χ1n) is 6.23. The summed E-state index contributed by atoms with van der Waals surface area (Å²) in [5.41, 5.74) is 7.25. The smallest absolute Gasteiger partial charge is 0.329 e. The van der Waals surface area contributed by atoms with E-state index < -0.39 is 6.03 Å². The highest BCUT2D eigenvalue weighted by Crippen LogP contribution is 2.22. The van der Waals surface area contributed by atoms with Crippen molar-refractivity contribution >= 4 is 40.5 Å². The number of nitrogens with zero attached hydrogens (tertiary/aromatic N) is 2. The molecule has 7 heteroatoms. The minimum atomic E-state index is -0.408. The van der Waals surface area contributed by atoms with Crippen LogP contribution in [0.15, 0.2) is 46.8 Å². The molecule has 1 aliphatic heterocycles. The first kappa shape index (κ1) is 13.3. The van der Waals surface area contributed by atoms with Crippen molar-refractivity contribution in [1.82, 2.24) is 5.32 Å². The lowest BCUT2D eigenvalue weighted by Crippen LogP contribution is -2.27. The van der Waals surface area contributed by atoms with E-state index in [9.17, 15) is 9.59 Å². The molecule has 0 spiro atoms. The number of amides is 3. The van der Waals surface area contributed by atoms with Gasteiger partial charge in [0, 0.05) is 5.69 Å². The van der Waals surface area contributed by atoms with E-state index in [-0.39, 0.29) is 12.5 Å². The molecule has 6 nitrogen and oxygen atoms in total. The maximum absolute atomic E-state index is 11.6. The summed E-state index contributed by atoms with van der Waals surface area (Å²) in [6.45, 7) is 0.0405. The van der Waals surface area contributed by atoms with E-state index in [1.807, 2.05) is 17.5 Å². The first-order chi connectivity index (χ1) is 10.1. The molecule has 2 aromatic rings. The van der Waals surface area contributed by atoms with E-state index in [2.05, 4.69) is 10.3 Å². The number of rotatable bonds is 3. The van der Waals surface area contributed by atoms with Crippen molar-refractivity contribution in [3.8, 4) is 0 Å². The molecule has 1 aromatic heterocycles. The second kappa shape index (κ2) is 5.37. The number of imide groups is 1. The van der Waals surface area contributed by atoms with Gasteiger partial charge >= 0.3 is 6.03 Å². The first-order valence-corrected chi connectivity index (χ1v) is 7.11. The fourth-order valence-corrected chi connectivity index (χ4v) is 2.60. The average molecular weight is 300 g/mol. The minimum absolute atomic E-state index is 0.0405. The van der Waals surface area contributed by atoms with Crippen LogP contribution in [-0.2, 0) is 4.79 Å². The molecule has 1 fully saturated rings. The summed E-state index contributed by atoms with van der Waals surface area (Å²) in [5, 5.41) is 4.17. The fraction of sp³-hybridized carbons (Fsp3) is 0.0714. The number of urea groups is 1. The van der Waals surface area contributed by atoms with Crippen molar-refractivity contribution in [1.29, 1.82) is 0 Å². The van der Waals surface area contributed by atoms with Crippen LogP contribution in [0, 0.1) is 0 Å². The predicted molar refractivity (Wildman–Crippen MR) is 82.0 cm³/mol. The lowest BCUT2D eigenvalue weighted by atomic mass is 10.2. The molecule has 21 heavy (non-hydrogen) atoms. The lowest BCUT2D eigenvalue weighted by Gasteiger charge is -2.12. The molecule has 1 saturated heterocycles. The van der Waals surface area contributed by atoms with Gasteiger partial charge in [0.15, 0.2) is 0 Å². The Bertz CT molecular complexity index is 707. The average Bonchev–Trinajstić information content (AvgIpc) is 3.09. The summed E-state index contributed by atoms with van der Waals surface area (Å²) >= 11 is 1.52. The van der Waals surface area contributed by atoms with Gasteiger partial charge in [-0.15, -0.1) is 11.3 Å². The molecule has 106 valence electrons. The Balaban J connectivity index is 1.80. The van der Waals surface area contributed by atoms with Crippen LogP contribution in [0.5, 0.6) is 0 Å². The molecule has 0 atom stereocenters. The Kier molecular flexibility index (Phi) is 3.41. The number of carbonyl (C=O) groups excluding carboxylic acids is 2. The molecule has 3 N–H and O–H groups in total. The van der Waals surface area contributed by atoms with Crippen molar-refractivity contribution in [2.24, 2.45) is 10.7 Å². The Morgan fingerprint density at radius 2 is 2.00 bits per heavy atom. The Morgan fingerprint density at radius 3 is 2.57 bits per heavy atom. The predicted octanol–water partition coefficient (Wildman–Crippen LogP) is 1.84. The summed E-state index contributed by atoms with van der Waals surface area (Å²) in [6.07, 6.45) is 0. The number of benzene rings is 1. The number of thiophene rings is 1. The van der Waals surface area contributed by atoms with Crippen molar-refractivity contribution in [3.63, 3.8) is 0 Å². The molecule has 0 bridgehead atoms. The van der Waals surface area contributed by atoms with Crippen LogP contribution >= 0.6 is 11.3 Å². The maximum Gasteiger partial charge on any atom is 0.329 e. The molecule has 0 radical (unpaired) electrons. The van der Waals surface area contributed by atoms with E-state index in [4.69, 9.17) is 5.73 Å². The zero-order valence-corrected chi connectivity index (χ0v) is 11.8. The zero-order chi connectivity index (χ0) is 14.8. The van der Waals surface area contributed by atoms with Gasteiger partial charge in [0.1, 0.15) is 12.4 Å². The van der Waals surface area contributed by atoms with Crippen molar-refractivity contribution in [2.75, 3.05) is 11.4 Å². The molecule has 0 saturated carbocycles. The highest BCUT2D eigenvalue weighted by atomic mass is 32.1. The van der Waals surface area contributed by atoms with E-state index in [1.54, 1.807) is 24.3 Å². The number of nitrogens with one attached hydrogen (secondary N) is 1. The third-order valence-electron chi connectivity index (χ3n) is 2.98. The topological polar surface area (TPSA) is 87.8 Å². The SMILES string of the molecule is NC(=Nc1ccc(N2CC(=O)NC2=O)cc1)c1cccs1. The van der Waals surface area contributed by atoms with E-state index >= 15 is 0 Å². The Hall–Kier alpha value is -2.67. The molecule has 3 amide bonds. The Labute approximate surface area is 124 Å². The van der Waals surface area contributed by atoms with Gasteiger partial charge in [-0.1, -0.05) is 6.07 Å². The molecule has 1 aliphatic rings. The second-order valence-electron chi connectivity index (χ2n) is 4.43. The molecule has 1 aromatic carbocycles. The maximum atomic E-state index is 11.6. The molecule has 0 aliphatic carbocycles. The van der Waals surface area contributed by atoms with Crippen LogP contribution in [0.3, 0.4) is 0 Å². The van der Waals surface area contributed by atoms with Gasteiger partial charge in [-0.05, 0) is 35.7 Å². The second-order valence-corrected chi connectivity index (χ2v) is 5.38. The van der Waals surface area contributed by atoms with Crippen LogP contribution < -0.4 is 16.0 Å². The standard InChI is InChI=1S/C14H12N4O2S/c15-13(11-2-1-7-21-11)16-9-3-5-10(6-4-9)18-8-12(19)17-14(18)20/h1-7H,8H2,(H2,15,16)(H,17,19,20).